The van der Waals surface area contributed by atoms with Crippen LogP contribution in [0.15, 0.2) is 48.5 Å². The highest BCUT2D eigenvalue weighted by Gasteiger charge is 2.37. The normalized spacial score (nSPS) is 18.6. The number of amides is 1. The van der Waals surface area contributed by atoms with E-state index in [-0.39, 0.29) is 19.1 Å². The van der Waals surface area contributed by atoms with E-state index in [1.54, 1.807) is 0 Å². The first-order valence-electron chi connectivity index (χ1n) is 8.64. The Morgan fingerprint density at radius 2 is 1.96 bits per heavy atom. The Labute approximate surface area is 148 Å². The lowest BCUT2D eigenvalue weighted by molar-refractivity contribution is -0.115. The highest BCUT2D eigenvalue weighted by atomic mass is 16.5. The Kier molecular flexibility index (Phi) is 5.36. The molecule has 0 bridgehead atoms. The molecular formula is C20H24N2O3. The van der Waals surface area contributed by atoms with Crippen LogP contribution in [-0.4, -0.2) is 30.8 Å². The number of aryl methyl sites for hydroxylation is 1. The lowest BCUT2D eigenvalue weighted by Gasteiger charge is -2.29. The van der Waals surface area contributed by atoms with Crippen molar-refractivity contribution in [2.75, 3.05) is 25.1 Å². The first-order chi connectivity index (χ1) is 12.2. The van der Waals surface area contributed by atoms with Crippen LogP contribution in [0.5, 0.6) is 5.75 Å². The number of rotatable bonds is 7. The number of nitrogens with one attached hydrogen (secondary N) is 2. The van der Waals surface area contributed by atoms with Gasteiger partial charge in [0.15, 0.2) is 0 Å². The molecule has 1 unspecified atom stereocenters. The van der Waals surface area contributed by atoms with Crippen molar-refractivity contribution in [3.8, 4) is 5.75 Å². The van der Waals surface area contributed by atoms with Crippen molar-refractivity contribution in [1.29, 1.82) is 0 Å². The summed E-state index contributed by atoms with van der Waals surface area (Å²) in [6.45, 7) is 2.66. The molecule has 0 aliphatic heterocycles. The average molecular weight is 340 g/mol. The molecule has 1 aliphatic rings. The molecule has 1 aliphatic carbocycles. The SMILES string of the molecule is CCOc1ccc(NC(=O)CNC2(CO)CCc3ccccc32)cc1. The fourth-order valence-electron chi connectivity index (χ4n) is 3.35. The zero-order chi connectivity index (χ0) is 17.7. The van der Waals surface area contributed by atoms with Crippen LogP contribution >= 0.6 is 0 Å². The second-order valence-corrected chi connectivity index (χ2v) is 6.26. The number of carbonyl (C=O) groups excluding carboxylic acids is 1. The number of hydrogen-bond acceptors (Lipinski definition) is 4. The summed E-state index contributed by atoms with van der Waals surface area (Å²) in [5.74, 6) is 0.641. The van der Waals surface area contributed by atoms with E-state index < -0.39 is 5.54 Å². The summed E-state index contributed by atoms with van der Waals surface area (Å²) in [5.41, 5.74) is 2.51. The summed E-state index contributed by atoms with van der Waals surface area (Å²) in [4.78, 5) is 12.3. The maximum Gasteiger partial charge on any atom is 0.238 e. The van der Waals surface area contributed by atoms with E-state index in [1.807, 2.05) is 49.4 Å². The molecule has 0 fully saturated rings. The van der Waals surface area contributed by atoms with E-state index in [0.29, 0.717) is 6.61 Å². The molecule has 5 nitrogen and oxygen atoms in total. The van der Waals surface area contributed by atoms with Crippen molar-refractivity contribution in [2.24, 2.45) is 0 Å². The molecule has 3 N–H and O–H groups in total. The van der Waals surface area contributed by atoms with Gasteiger partial charge in [0.05, 0.1) is 25.3 Å². The summed E-state index contributed by atoms with van der Waals surface area (Å²) in [5, 5.41) is 16.1. The number of anilines is 1. The molecule has 1 amide bonds. The third kappa shape index (κ3) is 3.83. The molecule has 132 valence electrons. The molecular weight excluding hydrogens is 316 g/mol. The van der Waals surface area contributed by atoms with Gasteiger partial charge in [0.2, 0.25) is 5.91 Å². The molecule has 25 heavy (non-hydrogen) atoms. The second kappa shape index (κ2) is 7.68. The summed E-state index contributed by atoms with van der Waals surface area (Å²) in [6.07, 6.45) is 1.70. The van der Waals surface area contributed by atoms with Crippen LogP contribution in [0, 0.1) is 0 Å². The van der Waals surface area contributed by atoms with E-state index in [0.717, 1.165) is 29.8 Å². The predicted octanol–water partition coefficient (Wildman–Crippen LogP) is 2.45. The zero-order valence-corrected chi connectivity index (χ0v) is 14.4. The standard InChI is InChI=1S/C20H24N2O3/c1-2-25-17-9-7-16(8-10-17)22-19(24)13-21-20(14-23)12-11-15-5-3-4-6-18(15)20/h3-10,21,23H,2,11-14H2,1H3,(H,22,24). The fourth-order valence-corrected chi connectivity index (χ4v) is 3.35. The molecule has 5 heteroatoms. The highest BCUT2D eigenvalue weighted by Crippen LogP contribution is 2.36. The summed E-state index contributed by atoms with van der Waals surface area (Å²) >= 11 is 0. The van der Waals surface area contributed by atoms with Gasteiger partial charge in [0.25, 0.3) is 0 Å². The number of fused-ring (bicyclic) bond motifs is 1. The third-order valence-electron chi connectivity index (χ3n) is 4.66. The minimum atomic E-state index is -0.535. The number of hydrogen-bond donors (Lipinski definition) is 3. The minimum Gasteiger partial charge on any atom is -0.494 e. The average Bonchev–Trinajstić information content (AvgIpc) is 3.01. The van der Waals surface area contributed by atoms with Crippen molar-refractivity contribution in [3.05, 3.63) is 59.7 Å². The van der Waals surface area contributed by atoms with E-state index in [9.17, 15) is 9.90 Å². The monoisotopic (exact) mass is 340 g/mol. The van der Waals surface area contributed by atoms with Crippen LogP contribution in [0.4, 0.5) is 5.69 Å². The van der Waals surface area contributed by atoms with Gasteiger partial charge in [0, 0.05) is 5.69 Å². The summed E-state index contributed by atoms with van der Waals surface area (Å²) < 4.78 is 5.39. The summed E-state index contributed by atoms with van der Waals surface area (Å²) in [6, 6.07) is 15.4. The van der Waals surface area contributed by atoms with Crippen LogP contribution in [0.2, 0.25) is 0 Å². The smallest absolute Gasteiger partial charge is 0.238 e. The minimum absolute atomic E-state index is 0.0274. The topological polar surface area (TPSA) is 70.6 Å². The largest absolute Gasteiger partial charge is 0.494 e. The first kappa shape index (κ1) is 17.5. The van der Waals surface area contributed by atoms with Gasteiger partial charge in [-0.05, 0) is 55.2 Å². The van der Waals surface area contributed by atoms with Gasteiger partial charge in [-0.1, -0.05) is 24.3 Å². The van der Waals surface area contributed by atoms with Crippen LogP contribution in [0.1, 0.15) is 24.5 Å². The molecule has 0 heterocycles. The van der Waals surface area contributed by atoms with Crippen LogP contribution in [0.3, 0.4) is 0 Å². The van der Waals surface area contributed by atoms with Crippen LogP contribution < -0.4 is 15.4 Å². The molecule has 2 aromatic rings. The Hall–Kier alpha value is -2.37. The van der Waals surface area contributed by atoms with Gasteiger partial charge in [-0.15, -0.1) is 0 Å². The summed E-state index contributed by atoms with van der Waals surface area (Å²) in [7, 11) is 0. The molecule has 0 saturated carbocycles. The fraction of sp³-hybridized carbons (Fsp3) is 0.350. The van der Waals surface area contributed by atoms with Gasteiger partial charge in [-0.25, -0.2) is 0 Å². The molecule has 0 radical (unpaired) electrons. The molecule has 1 atom stereocenters. The maximum absolute atomic E-state index is 12.3. The van der Waals surface area contributed by atoms with Crippen molar-refractivity contribution < 1.29 is 14.6 Å². The van der Waals surface area contributed by atoms with Gasteiger partial charge >= 0.3 is 0 Å². The van der Waals surface area contributed by atoms with Gasteiger partial charge in [0.1, 0.15) is 5.75 Å². The zero-order valence-electron chi connectivity index (χ0n) is 14.4. The number of aliphatic hydroxyl groups excluding tert-OH is 1. The molecule has 3 rings (SSSR count). The Balaban J connectivity index is 1.60. The molecule has 0 saturated heterocycles. The lowest BCUT2D eigenvalue weighted by Crippen LogP contribution is -2.47. The van der Waals surface area contributed by atoms with Crippen LogP contribution in [0.25, 0.3) is 0 Å². The third-order valence-corrected chi connectivity index (χ3v) is 4.66. The number of ether oxygens (including phenoxy) is 1. The van der Waals surface area contributed by atoms with Gasteiger partial charge < -0.3 is 15.2 Å². The van der Waals surface area contributed by atoms with E-state index >= 15 is 0 Å². The lowest BCUT2D eigenvalue weighted by atomic mass is 9.92. The quantitative estimate of drug-likeness (QED) is 0.724. The van der Waals surface area contributed by atoms with Crippen LogP contribution in [-0.2, 0) is 16.8 Å². The first-order valence-corrected chi connectivity index (χ1v) is 8.64. The Morgan fingerprint density at radius 3 is 2.68 bits per heavy atom. The van der Waals surface area contributed by atoms with Crippen molar-refractivity contribution in [1.82, 2.24) is 5.32 Å². The molecule has 2 aromatic carbocycles. The Bertz CT molecular complexity index is 730. The number of benzene rings is 2. The maximum atomic E-state index is 12.3. The predicted molar refractivity (Wildman–Crippen MR) is 97.8 cm³/mol. The van der Waals surface area contributed by atoms with Gasteiger partial charge in [-0.3, -0.25) is 10.1 Å². The van der Waals surface area contributed by atoms with E-state index in [1.165, 1.54) is 5.56 Å². The van der Waals surface area contributed by atoms with Gasteiger partial charge in [-0.2, -0.15) is 0 Å². The highest BCUT2D eigenvalue weighted by molar-refractivity contribution is 5.92. The number of carbonyl (C=O) groups is 1. The van der Waals surface area contributed by atoms with E-state index in [4.69, 9.17) is 4.74 Å². The van der Waals surface area contributed by atoms with Crippen molar-refractivity contribution >= 4 is 11.6 Å². The molecule has 0 spiro atoms. The molecule has 0 aromatic heterocycles. The number of aliphatic hydroxyl groups is 1. The Morgan fingerprint density at radius 1 is 1.20 bits per heavy atom. The second-order valence-electron chi connectivity index (χ2n) is 6.26. The van der Waals surface area contributed by atoms with Crippen molar-refractivity contribution in [3.63, 3.8) is 0 Å². The van der Waals surface area contributed by atoms with Crippen molar-refractivity contribution in [2.45, 2.75) is 25.3 Å². The van der Waals surface area contributed by atoms with E-state index in [2.05, 4.69) is 16.7 Å².